The van der Waals surface area contributed by atoms with Crippen LogP contribution in [-0.2, 0) is 11.3 Å². The lowest BCUT2D eigenvalue weighted by Gasteiger charge is -2.18. The molecule has 0 saturated carbocycles. The second kappa shape index (κ2) is 9.32. The molecule has 1 aromatic carbocycles. The van der Waals surface area contributed by atoms with E-state index in [0.29, 0.717) is 18.8 Å². The Hall–Kier alpha value is -2.84. The molecule has 0 aliphatic heterocycles. The molecule has 0 aliphatic carbocycles. The van der Waals surface area contributed by atoms with Crippen molar-refractivity contribution in [1.29, 1.82) is 0 Å². The quantitative estimate of drug-likeness (QED) is 0.446. The smallest absolute Gasteiger partial charge is 0.268 e. The number of pyridine rings is 1. The third-order valence-corrected chi connectivity index (χ3v) is 5.77. The average molecular weight is 424 g/mol. The van der Waals surface area contributed by atoms with Crippen molar-refractivity contribution in [1.82, 2.24) is 24.5 Å². The zero-order valence-corrected chi connectivity index (χ0v) is 17.9. The predicted octanol–water partition coefficient (Wildman–Crippen LogP) is 3.55. The Morgan fingerprint density at radius 2 is 2.03 bits per heavy atom. The lowest BCUT2D eigenvalue weighted by molar-refractivity contribution is 0.0922. The number of para-hydroxylation sites is 1. The van der Waals surface area contributed by atoms with Gasteiger partial charge in [0.05, 0.1) is 12.6 Å². The number of methoxy groups -OCH3 is 1. The van der Waals surface area contributed by atoms with Crippen molar-refractivity contribution in [3.8, 4) is 0 Å². The summed E-state index contributed by atoms with van der Waals surface area (Å²) in [5.74, 6) is 1.52. The first-order valence-electron chi connectivity index (χ1n) is 9.89. The number of fused-ring (bicyclic) bond motifs is 2. The molecule has 8 heteroatoms. The Morgan fingerprint density at radius 1 is 1.20 bits per heavy atom. The SMILES string of the molecule is COCCn1c(C(=O)N[C@@H](CCSC)c2nnc3ccccn23)cc2ccccc21. The van der Waals surface area contributed by atoms with Gasteiger partial charge in [0.2, 0.25) is 0 Å². The van der Waals surface area contributed by atoms with Gasteiger partial charge in [-0.2, -0.15) is 11.8 Å². The van der Waals surface area contributed by atoms with E-state index in [4.69, 9.17) is 4.74 Å². The van der Waals surface area contributed by atoms with Crippen LogP contribution >= 0.6 is 11.8 Å². The van der Waals surface area contributed by atoms with Gasteiger partial charge in [-0.25, -0.2) is 0 Å². The standard InChI is InChI=1S/C22H25N5O2S/c1-29-13-12-26-18-8-4-3-7-16(18)15-19(26)22(28)23-17(10-14-30-2)21-25-24-20-9-5-6-11-27(20)21/h3-9,11,15,17H,10,12-14H2,1-2H3,(H,23,28)/t17-/m0/s1. The van der Waals surface area contributed by atoms with E-state index < -0.39 is 0 Å². The molecule has 7 nitrogen and oxygen atoms in total. The van der Waals surface area contributed by atoms with Crippen LogP contribution in [0.25, 0.3) is 16.6 Å². The van der Waals surface area contributed by atoms with Gasteiger partial charge >= 0.3 is 0 Å². The maximum Gasteiger partial charge on any atom is 0.268 e. The van der Waals surface area contributed by atoms with Crippen LogP contribution in [0.5, 0.6) is 0 Å². The predicted molar refractivity (Wildman–Crippen MR) is 120 cm³/mol. The van der Waals surface area contributed by atoms with E-state index in [9.17, 15) is 4.79 Å². The van der Waals surface area contributed by atoms with Gasteiger partial charge < -0.3 is 14.6 Å². The Bertz CT molecular complexity index is 1150. The van der Waals surface area contributed by atoms with Gasteiger partial charge in [0.1, 0.15) is 5.69 Å². The number of carbonyl (C=O) groups is 1. The largest absolute Gasteiger partial charge is 0.383 e. The van der Waals surface area contributed by atoms with Crippen LogP contribution in [0.3, 0.4) is 0 Å². The minimum absolute atomic E-state index is 0.124. The molecular weight excluding hydrogens is 398 g/mol. The lowest BCUT2D eigenvalue weighted by Crippen LogP contribution is -2.32. The summed E-state index contributed by atoms with van der Waals surface area (Å²) in [6, 6.07) is 15.5. The fourth-order valence-corrected chi connectivity index (χ4v) is 4.12. The van der Waals surface area contributed by atoms with Gasteiger partial charge in [0.25, 0.3) is 5.91 Å². The van der Waals surface area contributed by atoms with E-state index in [1.165, 1.54) is 0 Å². The van der Waals surface area contributed by atoms with E-state index in [1.54, 1.807) is 18.9 Å². The van der Waals surface area contributed by atoms with Gasteiger partial charge in [-0.1, -0.05) is 24.3 Å². The summed E-state index contributed by atoms with van der Waals surface area (Å²) in [7, 11) is 1.67. The van der Waals surface area contributed by atoms with Crippen molar-refractivity contribution >= 4 is 34.2 Å². The first kappa shape index (κ1) is 20.4. The molecule has 0 aliphatic rings. The second-order valence-corrected chi connectivity index (χ2v) is 8.01. The van der Waals surface area contributed by atoms with E-state index in [-0.39, 0.29) is 11.9 Å². The molecule has 4 rings (SSSR count). The number of aromatic nitrogens is 4. The van der Waals surface area contributed by atoms with Crippen LogP contribution in [-0.4, -0.2) is 50.8 Å². The zero-order chi connectivity index (χ0) is 20.9. The molecule has 0 fully saturated rings. The van der Waals surface area contributed by atoms with Crippen LogP contribution in [0, 0.1) is 0 Å². The number of amides is 1. The molecule has 0 saturated heterocycles. The molecule has 4 aromatic rings. The summed E-state index contributed by atoms with van der Waals surface area (Å²) >= 11 is 1.74. The van der Waals surface area contributed by atoms with E-state index in [2.05, 4.69) is 21.8 Å². The molecule has 30 heavy (non-hydrogen) atoms. The van der Waals surface area contributed by atoms with Crippen LogP contribution < -0.4 is 5.32 Å². The number of hydrogen-bond acceptors (Lipinski definition) is 5. The molecule has 1 N–H and O–H groups in total. The number of nitrogens with zero attached hydrogens (tertiary/aromatic N) is 4. The van der Waals surface area contributed by atoms with Crippen molar-refractivity contribution in [2.45, 2.75) is 19.0 Å². The Kier molecular flexibility index (Phi) is 6.35. The van der Waals surface area contributed by atoms with Crippen LogP contribution in [0.4, 0.5) is 0 Å². The molecule has 1 amide bonds. The minimum Gasteiger partial charge on any atom is -0.383 e. The molecule has 156 valence electrons. The summed E-state index contributed by atoms with van der Waals surface area (Å²) in [4.78, 5) is 13.4. The van der Waals surface area contributed by atoms with E-state index in [0.717, 1.165) is 34.5 Å². The molecule has 1 atom stereocenters. The maximum atomic E-state index is 13.4. The highest BCUT2D eigenvalue weighted by atomic mass is 32.2. The number of rotatable bonds is 9. The molecule has 0 unspecified atom stereocenters. The van der Waals surface area contributed by atoms with Crippen molar-refractivity contribution in [3.63, 3.8) is 0 Å². The first-order chi connectivity index (χ1) is 14.7. The zero-order valence-electron chi connectivity index (χ0n) is 17.1. The summed E-state index contributed by atoms with van der Waals surface area (Å²) < 4.78 is 9.22. The van der Waals surface area contributed by atoms with Gasteiger partial charge in [0.15, 0.2) is 11.5 Å². The third-order valence-electron chi connectivity index (χ3n) is 5.13. The van der Waals surface area contributed by atoms with Crippen LogP contribution in [0.2, 0.25) is 0 Å². The maximum absolute atomic E-state index is 13.4. The van der Waals surface area contributed by atoms with Crippen LogP contribution in [0.15, 0.2) is 54.7 Å². The van der Waals surface area contributed by atoms with Crippen molar-refractivity contribution in [3.05, 3.63) is 66.2 Å². The van der Waals surface area contributed by atoms with E-state index >= 15 is 0 Å². The topological polar surface area (TPSA) is 73.4 Å². The molecule has 3 heterocycles. The van der Waals surface area contributed by atoms with E-state index in [1.807, 2.05) is 63.7 Å². The molecule has 0 bridgehead atoms. The fraction of sp³-hybridized carbons (Fsp3) is 0.318. The highest BCUT2D eigenvalue weighted by molar-refractivity contribution is 7.98. The highest BCUT2D eigenvalue weighted by Crippen LogP contribution is 2.23. The molecule has 3 aromatic heterocycles. The first-order valence-corrected chi connectivity index (χ1v) is 11.3. The normalized spacial score (nSPS) is 12.5. The summed E-state index contributed by atoms with van der Waals surface area (Å²) in [6.45, 7) is 1.14. The molecule has 0 radical (unpaired) electrons. The fourth-order valence-electron chi connectivity index (χ4n) is 3.65. The van der Waals surface area contributed by atoms with Gasteiger partial charge in [-0.05, 0) is 42.7 Å². The number of ether oxygens (including phenoxy) is 1. The number of hydrogen-bond donors (Lipinski definition) is 1. The number of carbonyl (C=O) groups excluding carboxylic acids is 1. The summed E-state index contributed by atoms with van der Waals surface area (Å²) in [5.41, 5.74) is 2.41. The van der Waals surface area contributed by atoms with Gasteiger partial charge in [-0.15, -0.1) is 10.2 Å². The minimum atomic E-state index is -0.240. The third kappa shape index (κ3) is 4.06. The van der Waals surface area contributed by atoms with Crippen LogP contribution in [0.1, 0.15) is 28.8 Å². The average Bonchev–Trinajstić information content (AvgIpc) is 3.37. The monoisotopic (exact) mass is 423 g/mol. The Balaban J connectivity index is 1.67. The molecular formula is C22H25N5O2S. The Labute approximate surface area is 179 Å². The van der Waals surface area contributed by atoms with Gasteiger partial charge in [0, 0.05) is 30.8 Å². The number of benzene rings is 1. The van der Waals surface area contributed by atoms with Crippen molar-refractivity contribution in [2.75, 3.05) is 25.7 Å². The molecule has 0 spiro atoms. The summed E-state index contributed by atoms with van der Waals surface area (Å²) in [5, 5.41) is 12.9. The lowest BCUT2D eigenvalue weighted by atomic mass is 10.2. The van der Waals surface area contributed by atoms with Crippen molar-refractivity contribution < 1.29 is 9.53 Å². The second-order valence-electron chi connectivity index (χ2n) is 7.03. The van der Waals surface area contributed by atoms with Crippen molar-refractivity contribution in [2.24, 2.45) is 0 Å². The number of nitrogens with one attached hydrogen (secondary N) is 1. The van der Waals surface area contributed by atoms with Gasteiger partial charge in [-0.3, -0.25) is 9.20 Å². The number of thioether (sulfide) groups is 1. The Morgan fingerprint density at radius 3 is 2.87 bits per heavy atom. The summed E-state index contributed by atoms with van der Waals surface area (Å²) in [6.07, 6.45) is 4.75. The highest BCUT2D eigenvalue weighted by Gasteiger charge is 2.23.